The summed E-state index contributed by atoms with van der Waals surface area (Å²) in [6, 6.07) is 12.9. The van der Waals surface area contributed by atoms with Gasteiger partial charge in [-0.15, -0.1) is 0 Å². The van der Waals surface area contributed by atoms with Crippen LogP contribution in [0, 0.1) is 11.3 Å². The highest BCUT2D eigenvalue weighted by Crippen LogP contribution is 2.19. The lowest BCUT2D eigenvalue weighted by atomic mass is 10.2. The summed E-state index contributed by atoms with van der Waals surface area (Å²) < 4.78 is 11.0. The highest BCUT2D eigenvalue weighted by molar-refractivity contribution is 5.78. The Morgan fingerprint density at radius 1 is 1.11 bits per heavy atom. The predicted molar refractivity (Wildman–Crippen MR) is 101 cm³/mol. The first-order valence-electron chi connectivity index (χ1n) is 8.94. The number of ether oxygens (including phenoxy) is 2. The van der Waals surface area contributed by atoms with E-state index in [9.17, 15) is 10.1 Å². The minimum Gasteiger partial charge on any atom is -0.494 e. The van der Waals surface area contributed by atoms with Gasteiger partial charge in [-0.2, -0.15) is 5.26 Å². The maximum atomic E-state index is 12.4. The van der Waals surface area contributed by atoms with Crippen LogP contribution in [-0.4, -0.2) is 55.2 Å². The Hall–Kier alpha value is -3.27. The van der Waals surface area contributed by atoms with Crippen molar-refractivity contribution in [1.82, 2.24) is 9.88 Å². The zero-order valence-electron chi connectivity index (χ0n) is 15.3. The molecule has 140 valence electrons. The fourth-order valence-electron chi connectivity index (χ4n) is 2.94. The summed E-state index contributed by atoms with van der Waals surface area (Å²) in [7, 11) is 0. The molecule has 0 spiro atoms. The van der Waals surface area contributed by atoms with Crippen LogP contribution in [0.1, 0.15) is 12.5 Å². The molecular formula is C20H22N4O3. The van der Waals surface area contributed by atoms with Gasteiger partial charge in [-0.25, -0.2) is 4.98 Å². The molecule has 1 aromatic carbocycles. The van der Waals surface area contributed by atoms with E-state index >= 15 is 0 Å². The topological polar surface area (TPSA) is 78.7 Å². The standard InChI is InChI=1S/C20H22N4O3/c1-2-26-17-5-7-18(8-6-17)27-15-19(25)23-10-12-24(13-11-23)20-16(14-21)4-3-9-22-20/h3-9H,2,10-13,15H2,1H3. The zero-order chi connectivity index (χ0) is 19.1. The summed E-state index contributed by atoms with van der Waals surface area (Å²) in [5.74, 6) is 2.04. The van der Waals surface area contributed by atoms with Gasteiger partial charge in [0.2, 0.25) is 0 Å². The molecule has 1 aliphatic heterocycles. The summed E-state index contributed by atoms with van der Waals surface area (Å²) in [4.78, 5) is 20.5. The second-order valence-corrected chi connectivity index (χ2v) is 6.05. The molecule has 0 N–H and O–H groups in total. The summed E-state index contributed by atoms with van der Waals surface area (Å²) in [5.41, 5.74) is 0.552. The quantitative estimate of drug-likeness (QED) is 0.779. The van der Waals surface area contributed by atoms with Gasteiger partial charge >= 0.3 is 0 Å². The second-order valence-electron chi connectivity index (χ2n) is 6.05. The van der Waals surface area contributed by atoms with Crippen LogP contribution in [0.3, 0.4) is 0 Å². The third kappa shape index (κ3) is 4.67. The fraction of sp³-hybridized carbons (Fsp3) is 0.350. The molecule has 1 amide bonds. The Bertz CT molecular complexity index is 809. The molecule has 0 aliphatic carbocycles. The summed E-state index contributed by atoms with van der Waals surface area (Å²) in [6.07, 6.45) is 1.68. The lowest BCUT2D eigenvalue weighted by Gasteiger charge is -2.35. The maximum Gasteiger partial charge on any atom is 0.260 e. The van der Waals surface area contributed by atoms with Crippen molar-refractivity contribution in [2.24, 2.45) is 0 Å². The first kappa shape index (κ1) is 18.5. The molecule has 2 aromatic rings. The van der Waals surface area contributed by atoms with Crippen LogP contribution in [-0.2, 0) is 4.79 Å². The highest BCUT2D eigenvalue weighted by atomic mass is 16.5. The van der Waals surface area contributed by atoms with Crippen molar-refractivity contribution in [3.05, 3.63) is 48.2 Å². The highest BCUT2D eigenvalue weighted by Gasteiger charge is 2.23. The van der Waals surface area contributed by atoms with Crippen LogP contribution in [0.25, 0.3) is 0 Å². The molecule has 0 atom stereocenters. The number of benzene rings is 1. The number of piperazine rings is 1. The molecule has 0 radical (unpaired) electrons. The molecule has 0 saturated carbocycles. The third-order valence-corrected chi connectivity index (χ3v) is 4.34. The van der Waals surface area contributed by atoms with Gasteiger partial charge < -0.3 is 19.3 Å². The number of carbonyl (C=O) groups is 1. The van der Waals surface area contributed by atoms with Gasteiger partial charge in [0.25, 0.3) is 5.91 Å². The molecule has 1 fully saturated rings. The van der Waals surface area contributed by atoms with Gasteiger partial charge in [0.15, 0.2) is 6.61 Å². The number of aromatic nitrogens is 1. The third-order valence-electron chi connectivity index (χ3n) is 4.34. The Morgan fingerprint density at radius 2 is 1.78 bits per heavy atom. The second kappa shape index (κ2) is 8.90. The first-order chi connectivity index (χ1) is 13.2. The van der Waals surface area contributed by atoms with Gasteiger partial charge in [-0.1, -0.05) is 0 Å². The van der Waals surface area contributed by atoms with Crippen LogP contribution < -0.4 is 14.4 Å². The molecule has 7 nitrogen and oxygen atoms in total. The van der Waals surface area contributed by atoms with E-state index in [0.29, 0.717) is 49.9 Å². The van der Waals surface area contributed by atoms with Crippen LogP contribution >= 0.6 is 0 Å². The molecule has 1 aliphatic rings. The minimum absolute atomic E-state index is 0.00101. The molecule has 1 saturated heterocycles. The minimum atomic E-state index is -0.0509. The van der Waals surface area contributed by atoms with Crippen molar-refractivity contribution < 1.29 is 14.3 Å². The monoisotopic (exact) mass is 366 g/mol. The number of rotatable bonds is 6. The van der Waals surface area contributed by atoms with Gasteiger partial charge in [-0.05, 0) is 43.3 Å². The van der Waals surface area contributed by atoms with Crippen molar-refractivity contribution in [1.29, 1.82) is 5.26 Å². The van der Waals surface area contributed by atoms with Gasteiger partial charge in [-0.3, -0.25) is 4.79 Å². The molecule has 0 bridgehead atoms. The van der Waals surface area contributed by atoms with E-state index in [2.05, 4.69) is 11.1 Å². The van der Waals surface area contributed by atoms with E-state index < -0.39 is 0 Å². The van der Waals surface area contributed by atoms with Gasteiger partial charge in [0.1, 0.15) is 23.4 Å². The predicted octanol–water partition coefficient (Wildman–Crippen LogP) is 2.08. The van der Waals surface area contributed by atoms with Crippen molar-refractivity contribution in [2.75, 3.05) is 44.3 Å². The Labute approximate surface area is 158 Å². The van der Waals surface area contributed by atoms with Crippen LogP contribution in [0.2, 0.25) is 0 Å². The SMILES string of the molecule is CCOc1ccc(OCC(=O)N2CCN(c3ncccc3C#N)CC2)cc1. The Balaban J connectivity index is 1.49. The van der Waals surface area contributed by atoms with Crippen molar-refractivity contribution in [3.63, 3.8) is 0 Å². The normalized spacial score (nSPS) is 13.8. The smallest absolute Gasteiger partial charge is 0.260 e. The van der Waals surface area contributed by atoms with Crippen LogP contribution in [0.5, 0.6) is 11.5 Å². The van der Waals surface area contributed by atoms with Crippen molar-refractivity contribution in [3.8, 4) is 17.6 Å². The van der Waals surface area contributed by atoms with E-state index in [4.69, 9.17) is 9.47 Å². The van der Waals surface area contributed by atoms with Crippen LogP contribution in [0.15, 0.2) is 42.6 Å². The number of nitrogens with zero attached hydrogens (tertiary/aromatic N) is 4. The van der Waals surface area contributed by atoms with E-state index in [1.54, 1.807) is 35.4 Å². The molecule has 1 aromatic heterocycles. The zero-order valence-corrected chi connectivity index (χ0v) is 15.3. The van der Waals surface area contributed by atoms with E-state index in [-0.39, 0.29) is 12.5 Å². The lowest BCUT2D eigenvalue weighted by molar-refractivity contribution is -0.133. The number of nitriles is 1. The lowest BCUT2D eigenvalue weighted by Crippen LogP contribution is -2.50. The largest absolute Gasteiger partial charge is 0.494 e. The average molecular weight is 366 g/mol. The molecule has 7 heteroatoms. The number of hydrogen-bond acceptors (Lipinski definition) is 6. The van der Waals surface area contributed by atoms with E-state index in [0.717, 1.165) is 5.75 Å². The first-order valence-corrected chi connectivity index (χ1v) is 8.94. The van der Waals surface area contributed by atoms with Crippen molar-refractivity contribution >= 4 is 11.7 Å². The average Bonchev–Trinajstić information content (AvgIpc) is 2.73. The van der Waals surface area contributed by atoms with Crippen LogP contribution in [0.4, 0.5) is 5.82 Å². The Kier molecular flexibility index (Phi) is 6.10. The number of carbonyl (C=O) groups excluding carboxylic acids is 1. The molecule has 0 unspecified atom stereocenters. The van der Waals surface area contributed by atoms with Gasteiger partial charge in [0, 0.05) is 32.4 Å². The Morgan fingerprint density at radius 3 is 2.41 bits per heavy atom. The number of pyridine rings is 1. The van der Waals surface area contributed by atoms with Gasteiger partial charge in [0.05, 0.1) is 12.2 Å². The molecule has 2 heterocycles. The summed E-state index contributed by atoms with van der Waals surface area (Å²) in [6.45, 7) is 4.97. The van der Waals surface area contributed by atoms with E-state index in [1.165, 1.54) is 0 Å². The summed E-state index contributed by atoms with van der Waals surface area (Å²) in [5, 5.41) is 9.21. The maximum absolute atomic E-state index is 12.4. The molecule has 3 rings (SSSR count). The van der Waals surface area contributed by atoms with Crippen molar-refractivity contribution in [2.45, 2.75) is 6.92 Å². The number of anilines is 1. The number of amides is 1. The molecule has 27 heavy (non-hydrogen) atoms. The summed E-state index contributed by atoms with van der Waals surface area (Å²) >= 11 is 0. The molecular weight excluding hydrogens is 344 g/mol. The fourth-order valence-corrected chi connectivity index (χ4v) is 2.94. The number of hydrogen-bond donors (Lipinski definition) is 0. The van der Waals surface area contributed by atoms with E-state index in [1.807, 2.05) is 24.0 Å².